The number of hydrogen-bond acceptors (Lipinski definition) is 5. The van der Waals surface area contributed by atoms with Crippen LogP contribution in [0, 0.1) is 0 Å². The summed E-state index contributed by atoms with van der Waals surface area (Å²) in [6, 6.07) is 55.8. The molecule has 3 aromatic heterocycles. The van der Waals surface area contributed by atoms with Crippen LogP contribution in [0.4, 0.5) is 0 Å². The number of rotatable bonds is 5. The molecule has 0 aliphatic rings. The van der Waals surface area contributed by atoms with Gasteiger partial charge >= 0.3 is 0 Å². The number of hydrogen-bond donors (Lipinski definition) is 0. The van der Waals surface area contributed by atoms with Crippen molar-refractivity contribution >= 4 is 43.9 Å². The van der Waals surface area contributed by atoms with E-state index in [0.29, 0.717) is 17.5 Å². The summed E-state index contributed by atoms with van der Waals surface area (Å²) < 4.78 is 12.6. The molecular weight excluding hydrogens is 615 g/mol. The fourth-order valence-corrected chi connectivity index (χ4v) is 6.92. The second-order valence-electron chi connectivity index (χ2n) is 12.4. The van der Waals surface area contributed by atoms with Gasteiger partial charge in [0.1, 0.15) is 22.3 Å². The highest BCUT2D eigenvalue weighted by atomic mass is 16.3. The lowest BCUT2D eigenvalue weighted by Crippen LogP contribution is -2.00. The summed E-state index contributed by atoms with van der Waals surface area (Å²) in [5.41, 5.74) is 10.5. The van der Waals surface area contributed by atoms with Crippen LogP contribution in [0.1, 0.15) is 0 Å². The van der Waals surface area contributed by atoms with Crippen molar-refractivity contribution in [3.8, 4) is 56.4 Å². The van der Waals surface area contributed by atoms with Gasteiger partial charge < -0.3 is 8.83 Å². The summed E-state index contributed by atoms with van der Waals surface area (Å²) >= 11 is 0. The maximum absolute atomic E-state index is 6.36. The van der Waals surface area contributed by atoms with Crippen molar-refractivity contribution < 1.29 is 8.83 Å². The average molecular weight is 642 g/mol. The Morgan fingerprint density at radius 1 is 0.300 bits per heavy atom. The molecule has 5 nitrogen and oxygen atoms in total. The van der Waals surface area contributed by atoms with Gasteiger partial charge in [0.25, 0.3) is 0 Å². The topological polar surface area (TPSA) is 65.0 Å². The monoisotopic (exact) mass is 641 g/mol. The predicted molar refractivity (Wildman–Crippen MR) is 202 cm³/mol. The molecule has 5 heteroatoms. The van der Waals surface area contributed by atoms with Gasteiger partial charge in [0.15, 0.2) is 17.5 Å². The van der Waals surface area contributed by atoms with Gasteiger partial charge in [0.05, 0.1) is 0 Å². The molecule has 0 bridgehead atoms. The van der Waals surface area contributed by atoms with E-state index in [1.165, 1.54) is 5.56 Å². The molecule has 0 saturated carbocycles. The van der Waals surface area contributed by atoms with Crippen LogP contribution in [0.25, 0.3) is 100 Å². The molecule has 0 aliphatic carbocycles. The Morgan fingerprint density at radius 3 is 1.68 bits per heavy atom. The second kappa shape index (κ2) is 11.4. The molecule has 0 radical (unpaired) electrons. The third-order valence-corrected chi connectivity index (χ3v) is 9.34. The third kappa shape index (κ3) is 4.75. The molecule has 10 rings (SSSR count). The molecule has 0 unspecified atom stereocenters. The molecule has 10 aromatic rings. The van der Waals surface area contributed by atoms with Gasteiger partial charge in [-0.05, 0) is 64.7 Å². The average Bonchev–Trinajstić information content (AvgIpc) is 3.76. The van der Waals surface area contributed by atoms with Crippen molar-refractivity contribution in [3.05, 3.63) is 164 Å². The quantitative estimate of drug-likeness (QED) is 0.187. The van der Waals surface area contributed by atoms with E-state index in [2.05, 4.69) is 91.0 Å². The Hall–Kier alpha value is -6.85. The number of benzene rings is 7. The fourth-order valence-electron chi connectivity index (χ4n) is 6.92. The highest BCUT2D eigenvalue weighted by molar-refractivity contribution is 6.13. The van der Waals surface area contributed by atoms with Crippen molar-refractivity contribution in [1.82, 2.24) is 15.0 Å². The van der Waals surface area contributed by atoms with Crippen molar-refractivity contribution in [3.63, 3.8) is 0 Å². The van der Waals surface area contributed by atoms with Gasteiger partial charge in [-0.15, -0.1) is 0 Å². The minimum absolute atomic E-state index is 0.581. The summed E-state index contributed by atoms with van der Waals surface area (Å²) in [6.07, 6.45) is 0. The maximum Gasteiger partial charge on any atom is 0.164 e. The lowest BCUT2D eigenvalue weighted by molar-refractivity contribution is 0.668. The molecule has 3 heterocycles. The summed E-state index contributed by atoms with van der Waals surface area (Å²) in [5, 5.41) is 4.31. The zero-order valence-electron chi connectivity index (χ0n) is 26.7. The Bertz CT molecular complexity index is 2870. The van der Waals surface area contributed by atoms with Gasteiger partial charge in [-0.3, -0.25) is 0 Å². The normalized spacial score (nSPS) is 11.6. The largest absolute Gasteiger partial charge is 0.456 e. The first-order valence-corrected chi connectivity index (χ1v) is 16.6. The Labute approximate surface area is 287 Å². The van der Waals surface area contributed by atoms with Crippen LogP contribution in [0.5, 0.6) is 0 Å². The smallest absolute Gasteiger partial charge is 0.164 e. The van der Waals surface area contributed by atoms with Crippen LogP contribution in [0.2, 0.25) is 0 Å². The van der Waals surface area contributed by atoms with E-state index in [0.717, 1.165) is 77.3 Å². The van der Waals surface area contributed by atoms with Crippen molar-refractivity contribution in [1.29, 1.82) is 0 Å². The van der Waals surface area contributed by atoms with Gasteiger partial charge in [0, 0.05) is 38.2 Å². The summed E-state index contributed by atoms with van der Waals surface area (Å²) in [4.78, 5) is 15.0. The minimum Gasteiger partial charge on any atom is -0.456 e. The summed E-state index contributed by atoms with van der Waals surface area (Å²) in [5.74, 6) is 1.78. The van der Waals surface area contributed by atoms with Crippen LogP contribution < -0.4 is 0 Å². The molecule has 0 amide bonds. The minimum atomic E-state index is 0.581. The van der Waals surface area contributed by atoms with Crippen LogP contribution in [-0.2, 0) is 0 Å². The number of furan rings is 2. The fraction of sp³-hybridized carbons (Fsp3) is 0. The molecule has 0 atom stereocenters. The van der Waals surface area contributed by atoms with E-state index in [1.54, 1.807) is 0 Å². The van der Waals surface area contributed by atoms with E-state index in [4.69, 9.17) is 23.8 Å². The summed E-state index contributed by atoms with van der Waals surface area (Å²) in [6.45, 7) is 0. The zero-order valence-corrected chi connectivity index (χ0v) is 26.7. The molecule has 0 saturated heterocycles. The van der Waals surface area contributed by atoms with E-state index in [1.807, 2.05) is 72.8 Å². The van der Waals surface area contributed by atoms with Crippen LogP contribution in [-0.4, -0.2) is 15.0 Å². The number of aromatic nitrogens is 3. The maximum atomic E-state index is 6.36. The molecular formula is C45H27N3O2. The van der Waals surface area contributed by atoms with Gasteiger partial charge in [-0.1, -0.05) is 121 Å². The van der Waals surface area contributed by atoms with E-state index < -0.39 is 0 Å². The van der Waals surface area contributed by atoms with E-state index >= 15 is 0 Å². The van der Waals surface area contributed by atoms with E-state index in [-0.39, 0.29) is 0 Å². The van der Waals surface area contributed by atoms with Crippen LogP contribution in [0.15, 0.2) is 173 Å². The zero-order chi connectivity index (χ0) is 33.0. The second-order valence-corrected chi connectivity index (χ2v) is 12.4. The van der Waals surface area contributed by atoms with Crippen LogP contribution in [0.3, 0.4) is 0 Å². The first kappa shape index (κ1) is 28.2. The van der Waals surface area contributed by atoms with Gasteiger partial charge in [0.2, 0.25) is 0 Å². The molecule has 234 valence electrons. The van der Waals surface area contributed by atoms with Crippen molar-refractivity contribution in [2.24, 2.45) is 0 Å². The molecule has 50 heavy (non-hydrogen) atoms. The third-order valence-electron chi connectivity index (χ3n) is 9.34. The van der Waals surface area contributed by atoms with E-state index in [9.17, 15) is 0 Å². The molecule has 0 N–H and O–H groups in total. The van der Waals surface area contributed by atoms with Gasteiger partial charge in [-0.2, -0.15) is 0 Å². The first-order chi connectivity index (χ1) is 24.7. The van der Waals surface area contributed by atoms with Crippen LogP contribution >= 0.6 is 0 Å². The Kier molecular flexibility index (Phi) is 6.42. The first-order valence-electron chi connectivity index (χ1n) is 16.6. The lowest BCUT2D eigenvalue weighted by atomic mass is 9.96. The molecule has 7 aromatic carbocycles. The number of para-hydroxylation sites is 1. The standard InChI is InChI=1S/C45H27N3O2/c1-3-11-28(12-4-1)30-22-24-39-37(26-30)42-34(18-10-20-40(42)49-39)31-15-9-16-32(25-31)44-46-43(29-13-5-2-6-14-29)47-45(48-44)33-21-23-36-35-17-7-8-19-38(35)50-41(36)27-33/h1-27H. The highest BCUT2D eigenvalue weighted by Crippen LogP contribution is 2.39. The number of nitrogens with zero attached hydrogens (tertiary/aromatic N) is 3. The SMILES string of the molecule is c1ccc(-c2ccc3oc4cccc(-c5cccc(-c6nc(-c7ccccc7)nc(-c7ccc8c(c7)oc7ccccc78)n6)c5)c4c3c2)cc1. The Balaban J connectivity index is 1.13. The highest BCUT2D eigenvalue weighted by Gasteiger charge is 2.17. The molecule has 0 spiro atoms. The van der Waals surface area contributed by atoms with Crippen molar-refractivity contribution in [2.45, 2.75) is 0 Å². The molecule has 0 fully saturated rings. The molecule has 0 aliphatic heterocycles. The Morgan fingerprint density at radius 2 is 0.860 bits per heavy atom. The lowest BCUT2D eigenvalue weighted by Gasteiger charge is -2.10. The predicted octanol–water partition coefficient (Wildman–Crippen LogP) is 12.0. The number of fused-ring (bicyclic) bond motifs is 6. The van der Waals surface area contributed by atoms with Crippen molar-refractivity contribution in [2.75, 3.05) is 0 Å². The summed E-state index contributed by atoms with van der Waals surface area (Å²) in [7, 11) is 0. The van der Waals surface area contributed by atoms with Gasteiger partial charge in [-0.25, -0.2) is 15.0 Å².